The maximum atomic E-state index is 13.5. The van der Waals surface area contributed by atoms with Crippen molar-refractivity contribution in [1.29, 1.82) is 0 Å². The molecule has 0 atom stereocenters. The van der Waals surface area contributed by atoms with E-state index in [1.54, 1.807) is 0 Å². The van der Waals surface area contributed by atoms with Crippen molar-refractivity contribution in [2.75, 3.05) is 25.0 Å². The zero-order valence-corrected chi connectivity index (χ0v) is 13.3. The number of nitrogens with one attached hydrogen (secondary N) is 1. The summed E-state index contributed by atoms with van der Waals surface area (Å²) in [6, 6.07) is 3.95. The van der Waals surface area contributed by atoms with Crippen LogP contribution >= 0.6 is 24.0 Å². The predicted octanol–water partition coefficient (Wildman–Crippen LogP) is 2.64. The SMILES string of the molecule is Cl.O=C(CN1CCC(C(=O)O)CC1)Nc1cc(Cl)ccc1F. The van der Waals surface area contributed by atoms with E-state index in [2.05, 4.69) is 5.32 Å². The number of carbonyl (C=O) groups excluding carboxylic acids is 1. The van der Waals surface area contributed by atoms with Crippen LogP contribution < -0.4 is 5.32 Å². The molecular weight excluding hydrogens is 334 g/mol. The summed E-state index contributed by atoms with van der Waals surface area (Å²) >= 11 is 5.75. The van der Waals surface area contributed by atoms with Gasteiger partial charge in [0.25, 0.3) is 0 Å². The average molecular weight is 351 g/mol. The molecule has 5 nitrogen and oxygen atoms in total. The van der Waals surface area contributed by atoms with Crippen molar-refractivity contribution in [2.24, 2.45) is 5.92 Å². The van der Waals surface area contributed by atoms with Crippen molar-refractivity contribution in [1.82, 2.24) is 4.90 Å². The molecule has 0 saturated carbocycles. The van der Waals surface area contributed by atoms with Gasteiger partial charge in [0.1, 0.15) is 5.82 Å². The van der Waals surface area contributed by atoms with Crippen molar-refractivity contribution < 1.29 is 19.1 Å². The zero-order valence-electron chi connectivity index (χ0n) is 11.7. The molecule has 1 aliphatic heterocycles. The van der Waals surface area contributed by atoms with Crippen LogP contribution in [0.3, 0.4) is 0 Å². The monoisotopic (exact) mass is 350 g/mol. The third-order valence-corrected chi connectivity index (χ3v) is 3.74. The molecule has 2 N–H and O–H groups in total. The fraction of sp³-hybridized carbons (Fsp3) is 0.429. The average Bonchev–Trinajstić information content (AvgIpc) is 2.43. The number of nitrogens with zero attached hydrogens (tertiary/aromatic N) is 1. The summed E-state index contributed by atoms with van der Waals surface area (Å²) < 4.78 is 13.5. The fourth-order valence-electron chi connectivity index (χ4n) is 2.32. The number of hydrogen-bond acceptors (Lipinski definition) is 3. The third-order valence-electron chi connectivity index (χ3n) is 3.51. The summed E-state index contributed by atoms with van der Waals surface area (Å²) in [5.74, 6) is -2.02. The van der Waals surface area contributed by atoms with E-state index in [1.165, 1.54) is 18.2 Å². The van der Waals surface area contributed by atoms with Crippen LogP contribution in [-0.2, 0) is 9.59 Å². The Bertz CT molecular complexity index is 549. The van der Waals surface area contributed by atoms with Gasteiger partial charge in [-0.15, -0.1) is 12.4 Å². The van der Waals surface area contributed by atoms with Gasteiger partial charge in [-0.2, -0.15) is 0 Å². The van der Waals surface area contributed by atoms with Crippen molar-refractivity contribution in [3.8, 4) is 0 Å². The molecule has 0 aliphatic carbocycles. The number of anilines is 1. The van der Waals surface area contributed by atoms with Gasteiger partial charge in [0, 0.05) is 5.02 Å². The van der Waals surface area contributed by atoms with Crippen LogP contribution in [0.4, 0.5) is 10.1 Å². The van der Waals surface area contributed by atoms with Gasteiger partial charge >= 0.3 is 5.97 Å². The molecule has 1 aromatic rings. The summed E-state index contributed by atoms with van der Waals surface area (Å²) in [6.07, 6.45) is 1.04. The quantitative estimate of drug-likeness (QED) is 0.875. The minimum atomic E-state index is -0.792. The van der Waals surface area contributed by atoms with Crippen LogP contribution in [0.15, 0.2) is 18.2 Å². The molecule has 1 amide bonds. The second-order valence-electron chi connectivity index (χ2n) is 5.06. The first kappa shape index (κ1) is 18.7. The Morgan fingerprint density at radius 2 is 2.00 bits per heavy atom. The van der Waals surface area contributed by atoms with Crippen molar-refractivity contribution in [3.63, 3.8) is 0 Å². The standard InChI is InChI=1S/C14H16ClFN2O3.ClH/c15-10-1-2-11(16)12(7-10)17-13(19)8-18-5-3-9(4-6-18)14(20)21;/h1-2,7,9H,3-6,8H2,(H,17,19)(H,20,21);1H. The number of hydrogen-bond donors (Lipinski definition) is 2. The molecule has 0 spiro atoms. The predicted molar refractivity (Wildman–Crippen MR) is 84.1 cm³/mol. The highest BCUT2D eigenvalue weighted by atomic mass is 35.5. The number of carboxylic acid groups (broad SMARTS) is 1. The molecule has 1 heterocycles. The van der Waals surface area contributed by atoms with Gasteiger partial charge in [0.05, 0.1) is 18.2 Å². The van der Waals surface area contributed by atoms with Crippen LogP contribution in [-0.4, -0.2) is 41.5 Å². The Kier molecular flexibility index (Phi) is 7.06. The van der Waals surface area contributed by atoms with Crippen LogP contribution in [0.25, 0.3) is 0 Å². The van der Waals surface area contributed by atoms with E-state index in [1.807, 2.05) is 4.90 Å². The summed E-state index contributed by atoms with van der Waals surface area (Å²) in [5, 5.41) is 11.7. The van der Waals surface area contributed by atoms with Crippen LogP contribution in [0.5, 0.6) is 0 Å². The van der Waals surface area contributed by atoms with Gasteiger partial charge in [0.2, 0.25) is 5.91 Å². The molecule has 0 bridgehead atoms. The molecular formula is C14H17Cl2FN2O3. The normalized spacial score (nSPS) is 15.9. The molecule has 1 saturated heterocycles. The molecule has 122 valence electrons. The van der Waals surface area contributed by atoms with E-state index in [4.69, 9.17) is 16.7 Å². The molecule has 0 aromatic heterocycles. The molecule has 8 heteroatoms. The number of likely N-dealkylation sites (tertiary alicyclic amines) is 1. The number of rotatable bonds is 4. The molecule has 2 rings (SSSR count). The lowest BCUT2D eigenvalue weighted by atomic mass is 9.97. The summed E-state index contributed by atoms with van der Waals surface area (Å²) in [7, 11) is 0. The van der Waals surface area contributed by atoms with Gasteiger partial charge in [-0.1, -0.05) is 11.6 Å². The molecule has 0 unspecified atom stereocenters. The highest BCUT2D eigenvalue weighted by molar-refractivity contribution is 6.30. The zero-order chi connectivity index (χ0) is 15.4. The maximum absolute atomic E-state index is 13.5. The molecule has 0 radical (unpaired) electrons. The van der Waals surface area contributed by atoms with Gasteiger partial charge in [-0.05, 0) is 44.1 Å². The van der Waals surface area contributed by atoms with Crippen molar-refractivity contribution >= 4 is 41.6 Å². The Labute approximate surface area is 138 Å². The number of amides is 1. The highest BCUT2D eigenvalue weighted by Crippen LogP contribution is 2.20. The lowest BCUT2D eigenvalue weighted by Gasteiger charge is -2.29. The van der Waals surface area contributed by atoms with E-state index in [0.29, 0.717) is 31.0 Å². The van der Waals surface area contributed by atoms with Crippen LogP contribution in [0.1, 0.15) is 12.8 Å². The van der Waals surface area contributed by atoms with E-state index >= 15 is 0 Å². The number of halogens is 3. The minimum Gasteiger partial charge on any atom is -0.481 e. The smallest absolute Gasteiger partial charge is 0.306 e. The summed E-state index contributed by atoms with van der Waals surface area (Å²) in [4.78, 5) is 24.6. The van der Waals surface area contributed by atoms with Gasteiger partial charge < -0.3 is 10.4 Å². The largest absolute Gasteiger partial charge is 0.481 e. The van der Waals surface area contributed by atoms with Gasteiger partial charge in [-0.25, -0.2) is 4.39 Å². The van der Waals surface area contributed by atoms with E-state index in [9.17, 15) is 14.0 Å². The van der Waals surface area contributed by atoms with Gasteiger partial charge in [-0.3, -0.25) is 14.5 Å². The summed E-state index contributed by atoms with van der Waals surface area (Å²) in [6.45, 7) is 1.20. The number of piperidine rings is 1. The summed E-state index contributed by atoms with van der Waals surface area (Å²) in [5.41, 5.74) is 0.0490. The Hall–Kier alpha value is -1.37. The first-order valence-corrected chi connectivity index (χ1v) is 7.03. The first-order valence-electron chi connectivity index (χ1n) is 6.66. The van der Waals surface area contributed by atoms with E-state index < -0.39 is 11.8 Å². The third kappa shape index (κ3) is 5.12. The Balaban J connectivity index is 0.00000242. The second-order valence-corrected chi connectivity index (χ2v) is 5.50. The highest BCUT2D eigenvalue weighted by Gasteiger charge is 2.25. The van der Waals surface area contributed by atoms with E-state index in [0.717, 1.165) is 0 Å². The van der Waals surface area contributed by atoms with Crippen LogP contribution in [0, 0.1) is 11.7 Å². The fourth-order valence-corrected chi connectivity index (χ4v) is 2.50. The van der Waals surface area contributed by atoms with Gasteiger partial charge in [0.15, 0.2) is 0 Å². The second kappa shape index (κ2) is 8.31. The van der Waals surface area contributed by atoms with Crippen molar-refractivity contribution in [3.05, 3.63) is 29.0 Å². The molecule has 1 aliphatic rings. The Morgan fingerprint density at radius 1 is 1.36 bits per heavy atom. The Morgan fingerprint density at radius 3 is 2.59 bits per heavy atom. The van der Waals surface area contributed by atoms with E-state index in [-0.39, 0.29) is 36.5 Å². The molecule has 1 aromatic carbocycles. The number of aliphatic carboxylic acids is 1. The lowest BCUT2D eigenvalue weighted by Crippen LogP contribution is -2.40. The first-order chi connectivity index (χ1) is 9.95. The topological polar surface area (TPSA) is 69.6 Å². The maximum Gasteiger partial charge on any atom is 0.306 e. The lowest BCUT2D eigenvalue weighted by molar-refractivity contribution is -0.143. The minimum absolute atomic E-state index is 0. The number of carbonyl (C=O) groups is 2. The molecule has 22 heavy (non-hydrogen) atoms. The number of benzene rings is 1. The van der Waals surface area contributed by atoms with Crippen LogP contribution in [0.2, 0.25) is 5.02 Å². The van der Waals surface area contributed by atoms with Crippen molar-refractivity contribution in [2.45, 2.75) is 12.8 Å². The molecule has 1 fully saturated rings. The number of carboxylic acids is 1.